The highest BCUT2D eigenvalue weighted by atomic mass is 32.2. The van der Waals surface area contributed by atoms with Crippen molar-refractivity contribution in [2.24, 2.45) is 10.9 Å². The summed E-state index contributed by atoms with van der Waals surface area (Å²) in [6, 6.07) is 0.456. The molecule has 1 unspecified atom stereocenters. The number of hydrogen-bond donors (Lipinski definition) is 1. The third-order valence-corrected chi connectivity index (χ3v) is 3.30. The molecule has 2 heterocycles. The van der Waals surface area contributed by atoms with Crippen LogP contribution < -0.4 is 5.32 Å². The van der Waals surface area contributed by atoms with Crippen LogP contribution in [0.5, 0.6) is 0 Å². The molecule has 0 aromatic carbocycles. The molecule has 0 saturated heterocycles. The predicted octanol–water partition coefficient (Wildman–Crippen LogP) is 2.41. The smallest absolute Gasteiger partial charge is 0.161 e. The van der Waals surface area contributed by atoms with Crippen LogP contribution in [-0.4, -0.2) is 26.9 Å². The second kappa shape index (κ2) is 5.30. The quantitative estimate of drug-likeness (QED) is 0.875. The first-order chi connectivity index (χ1) is 7.74. The normalized spacial score (nSPS) is 19.9. The Kier molecular flexibility index (Phi) is 3.77. The van der Waals surface area contributed by atoms with Crippen LogP contribution in [-0.2, 0) is 0 Å². The van der Waals surface area contributed by atoms with E-state index < -0.39 is 0 Å². The lowest BCUT2D eigenvalue weighted by atomic mass is 10.1. The molecule has 1 aliphatic heterocycles. The largest absolute Gasteiger partial charge is 0.332 e. The van der Waals surface area contributed by atoms with E-state index >= 15 is 0 Å². The predicted molar refractivity (Wildman–Crippen MR) is 68.8 cm³/mol. The zero-order valence-electron chi connectivity index (χ0n) is 9.55. The van der Waals surface area contributed by atoms with Gasteiger partial charge in [-0.2, -0.15) is 0 Å². The van der Waals surface area contributed by atoms with Gasteiger partial charge in [-0.05, 0) is 12.3 Å². The summed E-state index contributed by atoms with van der Waals surface area (Å²) in [7, 11) is 0. The number of aliphatic imine (C=N–C) groups is 1. The summed E-state index contributed by atoms with van der Waals surface area (Å²) in [6.45, 7) is 4.47. The maximum Gasteiger partial charge on any atom is 0.161 e. The van der Waals surface area contributed by atoms with Gasteiger partial charge in [-0.25, -0.2) is 9.97 Å². The van der Waals surface area contributed by atoms with Crippen LogP contribution in [0.3, 0.4) is 0 Å². The van der Waals surface area contributed by atoms with E-state index in [1.807, 2.05) is 0 Å². The van der Waals surface area contributed by atoms with Gasteiger partial charge in [0.2, 0.25) is 0 Å². The van der Waals surface area contributed by atoms with Crippen LogP contribution in [0.2, 0.25) is 0 Å². The lowest BCUT2D eigenvalue weighted by Crippen LogP contribution is -2.08. The van der Waals surface area contributed by atoms with Crippen LogP contribution in [0.25, 0.3) is 0 Å². The highest BCUT2D eigenvalue weighted by Gasteiger charge is 2.19. The third-order valence-electron chi connectivity index (χ3n) is 2.27. The van der Waals surface area contributed by atoms with Gasteiger partial charge in [0.25, 0.3) is 0 Å². The Morgan fingerprint density at radius 1 is 1.44 bits per heavy atom. The lowest BCUT2D eigenvalue weighted by molar-refractivity contribution is 0.529. The molecule has 86 valence electrons. The summed E-state index contributed by atoms with van der Waals surface area (Å²) in [5.41, 5.74) is 0.902. The van der Waals surface area contributed by atoms with Gasteiger partial charge >= 0.3 is 0 Å². The molecule has 1 aromatic rings. The minimum Gasteiger partial charge on any atom is -0.332 e. The number of amidine groups is 1. The highest BCUT2D eigenvalue weighted by molar-refractivity contribution is 8.14. The van der Waals surface area contributed by atoms with Crippen LogP contribution >= 0.6 is 11.8 Å². The molecule has 4 nitrogen and oxygen atoms in total. The number of hydrogen-bond acceptors (Lipinski definition) is 5. The van der Waals surface area contributed by atoms with Crippen LogP contribution in [0.4, 0.5) is 5.69 Å². The molecule has 1 aromatic heterocycles. The lowest BCUT2D eigenvalue weighted by Gasteiger charge is -2.07. The summed E-state index contributed by atoms with van der Waals surface area (Å²) in [5.74, 6) is 1.78. The maximum atomic E-state index is 4.64. The van der Waals surface area contributed by atoms with Gasteiger partial charge in [-0.15, -0.1) is 0 Å². The molecule has 2 rings (SSSR count). The minimum atomic E-state index is 0.456. The number of nitrogens with one attached hydrogen (secondary N) is 1. The zero-order chi connectivity index (χ0) is 11.4. The second-order valence-corrected chi connectivity index (χ2v) is 5.29. The van der Waals surface area contributed by atoms with Gasteiger partial charge in [0, 0.05) is 5.75 Å². The molecule has 0 bridgehead atoms. The Bertz CT molecular complexity index is 364. The first-order valence-corrected chi connectivity index (χ1v) is 6.45. The summed E-state index contributed by atoms with van der Waals surface area (Å²) in [5, 5.41) is 4.22. The van der Waals surface area contributed by atoms with Crippen molar-refractivity contribution in [2.75, 3.05) is 11.1 Å². The van der Waals surface area contributed by atoms with E-state index in [9.17, 15) is 0 Å². The van der Waals surface area contributed by atoms with Gasteiger partial charge < -0.3 is 5.32 Å². The first-order valence-electron chi connectivity index (χ1n) is 5.46. The zero-order valence-corrected chi connectivity index (χ0v) is 10.4. The van der Waals surface area contributed by atoms with Crippen molar-refractivity contribution in [3.8, 4) is 0 Å². The Hall–Kier alpha value is -1.10. The van der Waals surface area contributed by atoms with E-state index in [4.69, 9.17) is 0 Å². The summed E-state index contributed by atoms with van der Waals surface area (Å²) < 4.78 is 0. The Morgan fingerprint density at radius 3 is 2.88 bits per heavy atom. The van der Waals surface area contributed by atoms with E-state index in [0.29, 0.717) is 12.0 Å². The molecular weight excluding hydrogens is 220 g/mol. The molecule has 0 spiro atoms. The van der Waals surface area contributed by atoms with Crippen molar-refractivity contribution in [2.45, 2.75) is 26.3 Å². The average molecular weight is 236 g/mol. The molecule has 0 saturated carbocycles. The fraction of sp³-hybridized carbons (Fsp3) is 0.545. The van der Waals surface area contributed by atoms with E-state index in [1.165, 1.54) is 6.33 Å². The number of thioether (sulfide) groups is 1. The van der Waals surface area contributed by atoms with Crippen molar-refractivity contribution in [3.05, 3.63) is 18.7 Å². The van der Waals surface area contributed by atoms with Crippen molar-refractivity contribution in [1.29, 1.82) is 0 Å². The topological polar surface area (TPSA) is 50.2 Å². The standard InChI is InChI=1S/C11H16N4S/c1-8(2)3-9-6-16-11(14-9)15-10-4-12-7-13-5-10/h4-5,7-9H,3,6H2,1-2H3,(H,14,15). The molecule has 16 heavy (non-hydrogen) atoms. The first kappa shape index (κ1) is 11.4. The van der Waals surface area contributed by atoms with Crippen LogP contribution in [0.1, 0.15) is 20.3 Å². The summed E-state index contributed by atoms with van der Waals surface area (Å²) in [4.78, 5) is 12.5. The number of aromatic nitrogens is 2. The monoisotopic (exact) mass is 236 g/mol. The Morgan fingerprint density at radius 2 is 2.19 bits per heavy atom. The number of nitrogens with zero attached hydrogens (tertiary/aromatic N) is 3. The highest BCUT2D eigenvalue weighted by Crippen LogP contribution is 2.23. The van der Waals surface area contributed by atoms with Gasteiger partial charge in [0.1, 0.15) is 6.33 Å². The van der Waals surface area contributed by atoms with E-state index in [-0.39, 0.29) is 0 Å². The molecular formula is C11H16N4S. The SMILES string of the molecule is CC(C)CC1CSC(Nc2cncnc2)=N1. The number of anilines is 1. The van der Waals surface area contributed by atoms with Crippen LogP contribution in [0.15, 0.2) is 23.7 Å². The third kappa shape index (κ3) is 3.20. The minimum absolute atomic E-state index is 0.456. The van der Waals surface area contributed by atoms with Crippen LogP contribution in [0, 0.1) is 5.92 Å². The van der Waals surface area contributed by atoms with E-state index in [2.05, 4.69) is 34.1 Å². The molecule has 0 aliphatic carbocycles. The summed E-state index contributed by atoms with van der Waals surface area (Å²) in [6.07, 6.45) is 6.19. The molecule has 1 aliphatic rings. The molecule has 1 atom stereocenters. The van der Waals surface area contributed by atoms with Crippen molar-refractivity contribution in [3.63, 3.8) is 0 Å². The van der Waals surface area contributed by atoms with Crippen molar-refractivity contribution >= 4 is 22.6 Å². The van der Waals surface area contributed by atoms with Crippen molar-refractivity contribution in [1.82, 2.24) is 9.97 Å². The van der Waals surface area contributed by atoms with E-state index in [1.54, 1.807) is 24.2 Å². The van der Waals surface area contributed by atoms with Crippen molar-refractivity contribution < 1.29 is 0 Å². The van der Waals surface area contributed by atoms with Gasteiger partial charge in [-0.3, -0.25) is 4.99 Å². The maximum absolute atomic E-state index is 4.64. The van der Waals surface area contributed by atoms with Gasteiger partial charge in [0.15, 0.2) is 5.17 Å². The molecule has 1 N–H and O–H groups in total. The molecule has 0 fully saturated rings. The molecule has 0 radical (unpaired) electrons. The van der Waals surface area contributed by atoms with Gasteiger partial charge in [-0.1, -0.05) is 25.6 Å². The van der Waals surface area contributed by atoms with Gasteiger partial charge in [0.05, 0.1) is 24.1 Å². The number of rotatable bonds is 3. The second-order valence-electron chi connectivity index (χ2n) is 4.28. The Balaban J connectivity index is 1.92. The molecule has 0 amide bonds. The Labute approximate surface area is 100.0 Å². The fourth-order valence-electron chi connectivity index (χ4n) is 1.64. The molecule has 5 heteroatoms. The summed E-state index contributed by atoms with van der Waals surface area (Å²) >= 11 is 1.77. The average Bonchev–Trinajstić information content (AvgIpc) is 2.66. The fourth-order valence-corrected chi connectivity index (χ4v) is 2.61. The van der Waals surface area contributed by atoms with E-state index in [0.717, 1.165) is 23.0 Å².